The number of amides is 3. The number of carbonyl (C=O) groups excluding carboxylic acids is 3. The average molecular weight is 1210 g/mol. The number of nitrogens with zero attached hydrogens (tertiary/aromatic N) is 2. The third kappa shape index (κ3) is 12.3. The molecule has 12 rings (SSSR count). The third-order valence-corrected chi connectivity index (χ3v) is 18.9. The molecule has 19 nitrogen and oxygen atoms in total. The van der Waals surface area contributed by atoms with E-state index in [2.05, 4.69) is 37.6 Å². The van der Waals surface area contributed by atoms with Crippen molar-refractivity contribution >= 4 is 59.5 Å². The highest BCUT2D eigenvalue weighted by Gasteiger charge is 2.37. The first-order valence-electron chi connectivity index (χ1n) is 30.8. The number of phenolic OH excluding ortho intramolecular Hbond substituents is 1. The molecule has 6 heterocycles. The molecule has 1 unspecified atom stereocenters. The second-order valence-corrected chi connectivity index (χ2v) is 25.5. The van der Waals surface area contributed by atoms with Gasteiger partial charge in [0.1, 0.15) is 47.8 Å². The van der Waals surface area contributed by atoms with Crippen LogP contribution in [0.15, 0.2) is 94.1 Å². The maximum atomic E-state index is 13.9. The number of benzene rings is 6. The van der Waals surface area contributed by atoms with Gasteiger partial charge in [-0.15, -0.1) is 0 Å². The number of carbonyl (C=O) groups is 5. The molecule has 0 bridgehead atoms. The molecule has 0 spiro atoms. The Morgan fingerprint density at radius 1 is 0.625 bits per heavy atom. The molecular weight excluding hydrogens is 1140 g/mol. The minimum atomic E-state index is -4.21. The van der Waals surface area contributed by atoms with Crippen molar-refractivity contribution in [3.63, 3.8) is 0 Å². The molecule has 0 saturated carbocycles. The lowest BCUT2D eigenvalue weighted by atomic mass is 9.81. The van der Waals surface area contributed by atoms with Gasteiger partial charge in [0.25, 0.3) is 11.8 Å². The van der Waals surface area contributed by atoms with E-state index in [1.165, 1.54) is 81.8 Å². The highest BCUT2D eigenvalue weighted by molar-refractivity contribution is 7.53. The Morgan fingerprint density at radius 2 is 1.26 bits per heavy atom. The van der Waals surface area contributed by atoms with Crippen molar-refractivity contribution < 1.29 is 62.4 Å². The fourth-order valence-electron chi connectivity index (χ4n) is 13.6. The topological polar surface area (TPSA) is 274 Å². The molecule has 5 aromatic carbocycles. The molecule has 1 atom stereocenters. The number of hydrogen-bond donors (Lipinski definition) is 7. The number of rotatable bonds is 23. The number of unbranched alkanes of at least 4 members (excludes halogenated alkanes) is 6. The summed E-state index contributed by atoms with van der Waals surface area (Å²) in [5.41, 5.74) is 9.97. The maximum Gasteiger partial charge on any atom is 0.337 e. The van der Waals surface area contributed by atoms with Crippen LogP contribution in [0.3, 0.4) is 0 Å². The fraction of sp³-hybridized carbons (Fsp3) is 0.368. The Hall–Kier alpha value is -8.64. The van der Waals surface area contributed by atoms with Crippen LogP contribution in [0.2, 0.25) is 0 Å². The van der Waals surface area contributed by atoms with Crippen LogP contribution in [0.1, 0.15) is 152 Å². The lowest BCUT2D eigenvalue weighted by Crippen LogP contribution is -2.45. The van der Waals surface area contributed by atoms with E-state index in [4.69, 9.17) is 13.7 Å². The molecular formula is C68H71N5O14P+. The largest absolute Gasteiger partial charge is 0.508 e. The normalized spacial score (nSPS) is 15.3. The number of phenols is 1. The van der Waals surface area contributed by atoms with E-state index in [1.54, 1.807) is 24.3 Å². The SMILES string of the molecule is O=C(CP(=O)(O)OCCCCCCNC(=O)c1ccc(C(=O)O)c(-c2c3ccc(=O)cc-3oc3cc(O)ccc23)c1)NCCCCCCNC(=O)c1ccc(C(=O)O)c(C2=c3cc4c5c(c3Oc3c2cc2c6c3CCCN6CCC2)CCC[N+]=5CCC4)c1. The molecule has 0 radical (unpaired) electrons. The second-order valence-electron chi connectivity index (χ2n) is 23.6. The molecule has 456 valence electrons. The van der Waals surface area contributed by atoms with Gasteiger partial charge in [0, 0.05) is 119 Å². The number of aromatic carboxylic acids is 2. The van der Waals surface area contributed by atoms with Gasteiger partial charge in [0.15, 0.2) is 5.43 Å². The summed E-state index contributed by atoms with van der Waals surface area (Å²) >= 11 is 0. The molecule has 6 aliphatic heterocycles. The quantitative estimate of drug-likeness (QED) is 0.0137. The van der Waals surface area contributed by atoms with Crippen LogP contribution in [0.4, 0.5) is 5.69 Å². The molecule has 7 N–H and O–H groups in total. The van der Waals surface area contributed by atoms with Gasteiger partial charge in [0.05, 0.1) is 23.3 Å². The van der Waals surface area contributed by atoms with Gasteiger partial charge >= 0.3 is 19.5 Å². The number of nitrogens with one attached hydrogen (secondary N) is 3. The van der Waals surface area contributed by atoms with E-state index in [0.717, 1.165) is 118 Å². The van der Waals surface area contributed by atoms with Gasteiger partial charge in [-0.05, 0) is 154 Å². The van der Waals surface area contributed by atoms with E-state index >= 15 is 0 Å². The van der Waals surface area contributed by atoms with Crippen molar-refractivity contribution in [2.75, 3.05) is 63.5 Å². The van der Waals surface area contributed by atoms with E-state index in [9.17, 15) is 53.5 Å². The van der Waals surface area contributed by atoms with Gasteiger partial charge in [-0.25, -0.2) is 14.2 Å². The Balaban J connectivity index is 0.587. The monoisotopic (exact) mass is 1210 g/mol. The van der Waals surface area contributed by atoms with Crippen LogP contribution in [0.25, 0.3) is 39.0 Å². The van der Waals surface area contributed by atoms with Crippen molar-refractivity contribution in [3.8, 4) is 39.7 Å². The first-order valence-corrected chi connectivity index (χ1v) is 32.5. The van der Waals surface area contributed by atoms with Crippen molar-refractivity contribution in [1.82, 2.24) is 20.5 Å². The van der Waals surface area contributed by atoms with Crippen LogP contribution in [0, 0.1) is 0 Å². The van der Waals surface area contributed by atoms with Gasteiger partial charge in [-0.2, -0.15) is 0 Å². The number of aromatic hydroxyl groups is 1. The Labute approximate surface area is 507 Å². The smallest absolute Gasteiger partial charge is 0.337 e. The summed E-state index contributed by atoms with van der Waals surface area (Å²) in [5, 5.41) is 42.3. The average Bonchev–Trinajstić information content (AvgIpc) is 0.759. The number of carboxylic acids is 2. The number of carboxylic acid groups (broad SMARTS) is 2. The number of fused-ring (bicyclic) bond motifs is 6. The van der Waals surface area contributed by atoms with Gasteiger partial charge in [-0.3, -0.25) is 23.7 Å². The molecule has 20 heteroatoms. The third-order valence-electron chi connectivity index (χ3n) is 17.6. The van der Waals surface area contributed by atoms with Gasteiger partial charge in [0.2, 0.25) is 11.3 Å². The van der Waals surface area contributed by atoms with Gasteiger partial charge < -0.3 is 54.7 Å². The van der Waals surface area contributed by atoms with E-state index < -0.39 is 37.5 Å². The number of ether oxygens (including phenoxy) is 1. The zero-order valence-electron chi connectivity index (χ0n) is 49.0. The lowest BCUT2D eigenvalue weighted by molar-refractivity contribution is -0.118. The molecule has 0 fully saturated rings. The summed E-state index contributed by atoms with van der Waals surface area (Å²) in [6.45, 7) is 4.96. The van der Waals surface area contributed by atoms with Crippen LogP contribution in [-0.2, 0) is 39.6 Å². The van der Waals surface area contributed by atoms with Crippen molar-refractivity contribution in [2.24, 2.45) is 0 Å². The van der Waals surface area contributed by atoms with Crippen molar-refractivity contribution in [1.29, 1.82) is 0 Å². The maximum absolute atomic E-state index is 13.9. The van der Waals surface area contributed by atoms with Crippen LogP contribution < -0.4 is 46.2 Å². The summed E-state index contributed by atoms with van der Waals surface area (Å²) < 4.78 is 33.6. The first kappa shape index (κ1) is 59.7. The zero-order chi connectivity index (χ0) is 61.2. The number of aryl methyl sites for hydroxylation is 2. The Bertz CT molecular complexity index is 4210. The summed E-state index contributed by atoms with van der Waals surface area (Å²) in [4.78, 5) is 90.7. The van der Waals surface area contributed by atoms with E-state index in [-0.39, 0.29) is 57.3 Å². The van der Waals surface area contributed by atoms with Crippen molar-refractivity contribution in [2.45, 2.75) is 103 Å². The molecule has 0 saturated heterocycles. The predicted octanol–water partition coefficient (Wildman–Crippen LogP) is 8.70. The lowest BCUT2D eigenvalue weighted by Gasteiger charge is -2.39. The minimum Gasteiger partial charge on any atom is -0.508 e. The minimum absolute atomic E-state index is 0.0379. The van der Waals surface area contributed by atoms with Crippen LogP contribution >= 0.6 is 7.60 Å². The highest BCUT2D eigenvalue weighted by Crippen LogP contribution is 2.49. The summed E-state index contributed by atoms with van der Waals surface area (Å²) in [6.07, 6.45) is 12.1. The molecule has 88 heavy (non-hydrogen) atoms. The number of hydrogen-bond acceptors (Lipinski definition) is 12. The van der Waals surface area contributed by atoms with Crippen LogP contribution in [0.5, 0.6) is 17.2 Å². The molecule has 7 aliphatic rings. The molecule has 3 amide bonds. The number of anilines is 1. The predicted molar refractivity (Wildman–Crippen MR) is 332 cm³/mol. The summed E-state index contributed by atoms with van der Waals surface area (Å²) in [7, 11) is -4.21. The Kier molecular flexibility index (Phi) is 17.4. The zero-order valence-corrected chi connectivity index (χ0v) is 49.9. The van der Waals surface area contributed by atoms with Crippen molar-refractivity contribution in [3.05, 3.63) is 161 Å². The molecule has 0 aromatic heterocycles. The van der Waals surface area contributed by atoms with E-state index in [1.807, 2.05) is 0 Å². The Morgan fingerprint density at radius 3 is 1.98 bits per heavy atom. The molecule has 5 aromatic rings. The summed E-state index contributed by atoms with van der Waals surface area (Å²) in [6, 6.07) is 22.1. The highest BCUT2D eigenvalue weighted by atomic mass is 31.2. The van der Waals surface area contributed by atoms with E-state index in [0.29, 0.717) is 85.8 Å². The molecule has 1 aliphatic carbocycles. The first-order chi connectivity index (χ1) is 42.6. The second kappa shape index (κ2) is 25.6. The van der Waals surface area contributed by atoms with Crippen LogP contribution in [-0.4, -0.2) is 108 Å². The van der Waals surface area contributed by atoms with Gasteiger partial charge in [-0.1, -0.05) is 25.7 Å². The summed E-state index contributed by atoms with van der Waals surface area (Å²) in [5.74, 6) is -1.92. The fourth-order valence-corrected chi connectivity index (χ4v) is 14.6. The standard InChI is InChI=1S/C68H70N5O14P/c74-44-19-23-48-56(37-44)86-57-38-45(75)20-24-49(57)59(48)52-35-42(17-21-46(52)67(79)80)65(77)71-27-7-3-4-8-32-85-88(83,84)39-58(76)69-25-5-1-2-6-26-70-66(78)43-18-22-47(68(81)82)53(36-43)60-54-33-40-13-9-28-72-30-11-15-50(61(40)72)63(54)87-64-51-16-12-31-73-29-10-14-41(62(51)73)34-55(60)64/h17-24,33-38H,1-16,25-32,39H2,(H6-,69,70,71,74,75,76,77,78,79,80,81,82,83,84)/p+1.